The van der Waals surface area contributed by atoms with Gasteiger partial charge in [-0.2, -0.15) is 0 Å². The van der Waals surface area contributed by atoms with Crippen LogP contribution in [0.25, 0.3) is 77.2 Å². The van der Waals surface area contributed by atoms with Gasteiger partial charge in [-0.15, -0.1) is 0 Å². The molecule has 2 heterocycles. The monoisotopic (exact) mass is 818 g/mol. The van der Waals surface area contributed by atoms with Crippen LogP contribution in [0.2, 0.25) is 0 Å². The molecule has 2 aromatic heterocycles. The van der Waals surface area contributed by atoms with Crippen molar-refractivity contribution in [3.8, 4) is 33.6 Å². The summed E-state index contributed by atoms with van der Waals surface area (Å²) in [5.41, 5.74) is 11.9. The molecular weight excluding hydrogens is 777 g/mol. The van der Waals surface area contributed by atoms with E-state index in [2.05, 4.69) is 264 Å². The molecule has 10 aromatic carbocycles. The lowest BCUT2D eigenvalue weighted by Gasteiger charge is -2.34. The van der Waals surface area contributed by atoms with Crippen LogP contribution in [0, 0.1) is 0 Å². The van der Waals surface area contributed by atoms with Gasteiger partial charge in [0, 0.05) is 32.9 Å². The Morgan fingerprint density at radius 2 is 0.619 bits per heavy atom. The van der Waals surface area contributed by atoms with Gasteiger partial charge in [-0.25, -0.2) is 0 Å². The topological polar surface area (TPSA) is 9.86 Å². The van der Waals surface area contributed by atoms with Crippen LogP contribution >= 0.6 is 0 Å². The van der Waals surface area contributed by atoms with Crippen LogP contribution in [-0.4, -0.2) is 17.2 Å². The van der Waals surface area contributed by atoms with Crippen LogP contribution in [0.15, 0.2) is 255 Å². The number of fused-ring (bicyclic) bond motifs is 6. The highest BCUT2D eigenvalue weighted by molar-refractivity contribution is 7.20. The van der Waals surface area contributed by atoms with Crippen molar-refractivity contribution in [1.29, 1.82) is 0 Å². The van der Waals surface area contributed by atoms with E-state index in [1.54, 1.807) is 0 Å². The highest BCUT2D eigenvalue weighted by atomic mass is 28.3. The maximum Gasteiger partial charge on any atom is 0.179 e. The molecule has 12 aromatic rings. The third-order valence-electron chi connectivity index (χ3n) is 13.1. The van der Waals surface area contributed by atoms with Crippen molar-refractivity contribution in [1.82, 2.24) is 9.13 Å². The zero-order chi connectivity index (χ0) is 41.7. The Labute approximate surface area is 368 Å². The fourth-order valence-electron chi connectivity index (χ4n) is 10.2. The Morgan fingerprint density at radius 3 is 1.21 bits per heavy atom. The number of rotatable bonds is 8. The van der Waals surface area contributed by atoms with E-state index in [9.17, 15) is 0 Å². The Kier molecular flexibility index (Phi) is 8.87. The molecule has 0 aliphatic carbocycles. The second kappa shape index (κ2) is 15.2. The molecule has 0 amide bonds. The average molecular weight is 819 g/mol. The first-order chi connectivity index (χ1) is 31.3. The van der Waals surface area contributed by atoms with E-state index in [1.807, 2.05) is 0 Å². The molecule has 3 heteroatoms. The molecule has 0 N–H and O–H groups in total. The lowest BCUT2D eigenvalue weighted by molar-refractivity contribution is 1.18. The molecule has 63 heavy (non-hydrogen) atoms. The van der Waals surface area contributed by atoms with E-state index >= 15 is 0 Å². The predicted octanol–water partition coefficient (Wildman–Crippen LogP) is 12.6. The average Bonchev–Trinajstić information content (AvgIpc) is 3.88. The largest absolute Gasteiger partial charge is 0.309 e. The van der Waals surface area contributed by atoms with Crippen LogP contribution in [-0.2, 0) is 0 Å². The molecule has 0 radical (unpaired) electrons. The summed E-state index contributed by atoms with van der Waals surface area (Å²) in [5.74, 6) is 0. The second-order valence-electron chi connectivity index (χ2n) is 16.5. The highest BCUT2D eigenvalue weighted by Crippen LogP contribution is 2.39. The smallest absolute Gasteiger partial charge is 0.179 e. The lowest BCUT2D eigenvalue weighted by atomic mass is 10.0. The summed E-state index contributed by atoms with van der Waals surface area (Å²) in [6, 6.07) is 94.3. The lowest BCUT2D eigenvalue weighted by Crippen LogP contribution is -2.74. The van der Waals surface area contributed by atoms with Crippen LogP contribution in [0.3, 0.4) is 0 Å². The van der Waals surface area contributed by atoms with Gasteiger partial charge in [-0.1, -0.05) is 194 Å². The fraction of sp³-hybridized carbons (Fsp3) is 0. The Morgan fingerprint density at radius 1 is 0.222 bits per heavy atom. The van der Waals surface area contributed by atoms with Crippen molar-refractivity contribution < 1.29 is 0 Å². The standard InChI is InChI=1S/C60H42N2Si/c1-6-19-43(20-7-1)44-21-18-24-48(39-44)62-59-37-34-46(45-33-36-58-54(40-45)53-31-16-17-32-57(53)61(58)47-22-8-2-9-23-47)41-55(59)56-42-52(35-38-60(56)62)63(49-25-10-3-11-26-49,50-27-12-4-13-28-50)51-29-14-5-15-30-51/h1-42H. The van der Waals surface area contributed by atoms with Crippen molar-refractivity contribution in [2.24, 2.45) is 0 Å². The van der Waals surface area contributed by atoms with Gasteiger partial charge >= 0.3 is 0 Å². The number of aromatic nitrogens is 2. The van der Waals surface area contributed by atoms with Crippen LogP contribution in [0.1, 0.15) is 0 Å². The molecule has 0 spiro atoms. The fourth-order valence-corrected chi connectivity index (χ4v) is 15.0. The zero-order valence-corrected chi connectivity index (χ0v) is 35.6. The van der Waals surface area contributed by atoms with Gasteiger partial charge in [0.1, 0.15) is 0 Å². The number of hydrogen-bond acceptors (Lipinski definition) is 0. The second-order valence-corrected chi connectivity index (χ2v) is 20.3. The van der Waals surface area contributed by atoms with Crippen LogP contribution in [0.4, 0.5) is 0 Å². The number of hydrogen-bond donors (Lipinski definition) is 0. The molecule has 0 bridgehead atoms. The molecule has 0 aliphatic rings. The van der Waals surface area contributed by atoms with Gasteiger partial charge in [0.05, 0.1) is 22.1 Å². The van der Waals surface area contributed by atoms with Gasteiger partial charge in [-0.05, 0) is 104 Å². The summed E-state index contributed by atoms with van der Waals surface area (Å²) in [5, 5.41) is 10.4. The normalized spacial score (nSPS) is 11.8. The van der Waals surface area contributed by atoms with E-state index in [-0.39, 0.29) is 0 Å². The summed E-state index contributed by atoms with van der Waals surface area (Å²) < 4.78 is 4.86. The molecule has 0 fully saturated rings. The van der Waals surface area contributed by atoms with Gasteiger partial charge in [0.2, 0.25) is 0 Å². The van der Waals surface area contributed by atoms with Crippen LogP contribution < -0.4 is 20.7 Å². The van der Waals surface area contributed by atoms with Gasteiger partial charge in [0.25, 0.3) is 0 Å². The summed E-state index contributed by atoms with van der Waals surface area (Å²) in [6.07, 6.45) is 0. The molecule has 0 atom stereocenters. The Hall–Kier alpha value is -7.98. The maximum atomic E-state index is 2.54. The summed E-state index contributed by atoms with van der Waals surface area (Å²) >= 11 is 0. The highest BCUT2D eigenvalue weighted by Gasteiger charge is 2.41. The van der Waals surface area contributed by atoms with E-state index < -0.39 is 8.07 Å². The molecule has 0 saturated carbocycles. The molecule has 296 valence electrons. The van der Waals surface area contributed by atoms with E-state index in [1.165, 1.54) is 92.3 Å². The van der Waals surface area contributed by atoms with Crippen molar-refractivity contribution in [3.63, 3.8) is 0 Å². The predicted molar refractivity (Wildman–Crippen MR) is 270 cm³/mol. The van der Waals surface area contributed by atoms with Crippen LogP contribution in [0.5, 0.6) is 0 Å². The number of para-hydroxylation sites is 2. The van der Waals surface area contributed by atoms with E-state index in [0.29, 0.717) is 0 Å². The Bertz CT molecular complexity index is 3500. The third kappa shape index (κ3) is 6.00. The molecule has 0 aliphatic heterocycles. The van der Waals surface area contributed by atoms with Crippen molar-refractivity contribution in [2.75, 3.05) is 0 Å². The minimum Gasteiger partial charge on any atom is -0.309 e. The van der Waals surface area contributed by atoms with E-state index in [0.717, 1.165) is 5.69 Å². The summed E-state index contributed by atoms with van der Waals surface area (Å²) in [6.45, 7) is 0. The minimum atomic E-state index is -2.80. The first kappa shape index (κ1) is 36.8. The van der Waals surface area contributed by atoms with Gasteiger partial charge in [-0.3, -0.25) is 0 Å². The first-order valence-electron chi connectivity index (χ1n) is 21.8. The Balaban J connectivity index is 1.13. The number of nitrogens with zero attached hydrogens (tertiary/aromatic N) is 2. The summed E-state index contributed by atoms with van der Waals surface area (Å²) in [4.78, 5) is 0. The maximum absolute atomic E-state index is 2.80. The SMILES string of the molecule is c1ccc(-c2cccc(-n3c4ccc(-c5ccc6c(c5)c5ccccc5n6-c5ccccc5)cc4c4cc([Si](c5ccccc5)(c5ccccc5)c5ccccc5)ccc43)c2)cc1. The minimum absolute atomic E-state index is 1.14. The third-order valence-corrected chi connectivity index (χ3v) is 17.8. The molecule has 0 unspecified atom stereocenters. The summed E-state index contributed by atoms with van der Waals surface area (Å²) in [7, 11) is -2.80. The van der Waals surface area contributed by atoms with Gasteiger partial charge in [0.15, 0.2) is 8.07 Å². The first-order valence-corrected chi connectivity index (χ1v) is 23.8. The van der Waals surface area contributed by atoms with Crippen molar-refractivity contribution >= 4 is 72.4 Å². The van der Waals surface area contributed by atoms with E-state index in [4.69, 9.17) is 0 Å². The van der Waals surface area contributed by atoms with Crippen molar-refractivity contribution in [2.45, 2.75) is 0 Å². The zero-order valence-electron chi connectivity index (χ0n) is 34.6. The van der Waals surface area contributed by atoms with Gasteiger partial charge < -0.3 is 9.13 Å². The number of benzene rings is 10. The molecular formula is C60H42N2Si. The molecule has 2 nitrogen and oxygen atoms in total. The quantitative estimate of drug-likeness (QED) is 0.107. The molecule has 0 saturated heterocycles. The molecule has 12 rings (SSSR count). The van der Waals surface area contributed by atoms with Crippen molar-refractivity contribution in [3.05, 3.63) is 255 Å².